The van der Waals surface area contributed by atoms with Gasteiger partial charge in [0.05, 0.1) is 7.11 Å². The second-order valence-electron chi connectivity index (χ2n) is 5.45. The molecule has 4 heteroatoms. The summed E-state index contributed by atoms with van der Waals surface area (Å²) in [5.41, 5.74) is 2.40. The van der Waals surface area contributed by atoms with Crippen molar-refractivity contribution in [2.75, 3.05) is 7.11 Å². The smallest absolute Gasteiger partial charge is 0.245 e. The van der Waals surface area contributed by atoms with E-state index in [1.807, 2.05) is 24.3 Å². The number of methoxy groups -OCH3 is 1. The number of nitrogens with zero attached hydrogens (tertiary/aromatic N) is 2. The van der Waals surface area contributed by atoms with E-state index in [1.54, 1.807) is 31.4 Å². The minimum absolute atomic E-state index is 0.476. The molecule has 116 valence electrons. The van der Waals surface area contributed by atoms with Crippen LogP contribution in [0.1, 0.15) is 25.8 Å². The molecule has 0 heterocycles. The highest BCUT2D eigenvalue weighted by Gasteiger charge is 2.05. The Kier molecular flexibility index (Phi) is 5.53. The maximum atomic E-state index is 12.0. The van der Waals surface area contributed by atoms with Gasteiger partial charge >= 0.3 is 0 Å². The summed E-state index contributed by atoms with van der Waals surface area (Å²) >= 11 is 0. The van der Waals surface area contributed by atoms with Crippen molar-refractivity contribution in [1.29, 1.82) is 0 Å². The average Bonchev–Trinajstić information content (AvgIpc) is 2.56. The molecule has 0 radical (unpaired) electrons. The van der Waals surface area contributed by atoms with Crippen molar-refractivity contribution in [1.82, 2.24) is 0 Å². The lowest BCUT2D eigenvalue weighted by Gasteiger charge is -2.07. The molecule has 1 unspecified atom stereocenters. The fourth-order valence-electron chi connectivity index (χ4n) is 2.12. The Morgan fingerprint density at radius 1 is 1.09 bits per heavy atom. The number of rotatable bonds is 6. The van der Waals surface area contributed by atoms with E-state index >= 15 is 0 Å². The molecule has 0 amide bonds. The lowest BCUT2D eigenvalue weighted by atomic mass is 9.99. The molecule has 0 bridgehead atoms. The molecule has 0 aliphatic carbocycles. The van der Waals surface area contributed by atoms with Crippen LogP contribution in [-0.2, 0) is 6.42 Å². The van der Waals surface area contributed by atoms with Crippen LogP contribution >= 0.6 is 0 Å². The first-order valence-corrected chi connectivity index (χ1v) is 7.54. The first kappa shape index (κ1) is 16.0. The Morgan fingerprint density at radius 2 is 1.73 bits per heavy atom. The van der Waals surface area contributed by atoms with Gasteiger partial charge in [-0.15, -0.1) is 0 Å². The van der Waals surface area contributed by atoms with E-state index in [1.165, 1.54) is 5.56 Å². The molecule has 2 aromatic rings. The fraction of sp³-hybridized carbons (Fsp3) is 0.333. The Bertz CT molecular complexity index is 619. The molecule has 0 spiro atoms. The minimum Gasteiger partial charge on any atom is -0.594 e. The molecule has 4 nitrogen and oxygen atoms in total. The van der Waals surface area contributed by atoms with Gasteiger partial charge in [0.1, 0.15) is 11.4 Å². The lowest BCUT2D eigenvalue weighted by Crippen LogP contribution is -1.97. The van der Waals surface area contributed by atoms with Crippen LogP contribution in [0.25, 0.3) is 0 Å². The molecular weight excluding hydrogens is 276 g/mol. The van der Waals surface area contributed by atoms with Crippen LogP contribution < -0.4 is 4.74 Å². The summed E-state index contributed by atoms with van der Waals surface area (Å²) < 4.78 is 5.07. The molecule has 0 N–H and O–H groups in total. The summed E-state index contributed by atoms with van der Waals surface area (Å²) in [6.45, 7) is 4.43. The van der Waals surface area contributed by atoms with Crippen LogP contribution in [-0.4, -0.2) is 12.0 Å². The summed E-state index contributed by atoms with van der Waals surface area (Å²) in [5, 5.41) is 16.1. The molecule has 0 fully saturated rings. The predicted molar refractivity (Wildman–Crippen MR) is 88.0 cm³/mol. The van der Waals surface area contributed by atoms with Gasteiger partial charge in [-0.25, -0.2) is 0 Å². The number of azo groups is 1. The van der Waals surface area contributed by atoms with Gasteiger partial charge < -0.3 is 9.94 Å². The third kappa shape index (κ3) is 4.32. The van der Waals surface area contributed by atoms with E-state index < -0.39 is 0 Å². The summed E-state index contributed by atoms with van der Waals surface area (Å²) in [6, 6.07) is 14.7. The van der Waals surface area contributed by atoms with Gasteiger partial charge in [0.15, 0.2) is 0 Å². The maximum Gasteiger partial charge on any atom is 0.245 e. The Morgan fingerprint density at radius 3 is 2.27 bits per heavy atom. The van der Waals surface area contributed by atoms with Gasteiger partial charge in [-0.05, 0) is 42.2 Å². The van der Waals surface area contributed by atoms with Crippen LogP contribution in [0.3, 0.4) is 0 Å². The minimum atomic E-state index is 0.476. The van der Waals surface area contributed by atoms with Crippen molar-refractivity contribution >= 4 is 11.4 Å². The van der Waals surface area contributed by atoms with Gasteiger partial charge in [0, 0.05) is 17.2 Å². The summed E-state index contributed by atoms with van der Waals surface area (Å²) in [7, 11) is 1.59. The van der Waals surface area contributed by atoms with Crippen LogP contribution in [0.5, 0.6) is 5.75 Å². The summed E-state index contributed by atoms with van der Waals surface area (Å²) in [4.78, 5) is 0.628. The van der Waals surface area contributed by atoms with E-state index in [0.717, 1.165) is 12.8 Å². The summed E-state index contributed by atoms with van der Waals surface area (Å²) in [6.07, 6.45) is 2.22. The zero-order chi connectivity index (χ0) is 15.9. The number of hydrogen-bond donors (Lipinski definition) is 0. The van der Waals surface area contributed by atoms with Crippen molar-refractivity contribution < 1.29 is 9.60 Å². The molecule has 22 heavy (non-hydrogen) atoms. The SMILES string of the molecule is CCC(C)Cc1ccc(N=[N+]([O-])c2ccc(OC)cc2)cc1. The summed E-state index contributed by atoms with van der Waals surface area (Å²) in [5.74, 6) is 1.38. The first-order chi connectivity index (χ1) is 10.6. The highest BCUT2D eigenvalue weighted by Crippen LogP contribution is 2.21. The zero-order valence-electron chi connectivity index (χ0n) is 13.3. The van der Waals surface area contributed by atoms with Gasteiger partial charge in [-0.2, -0.15) is 0 Å². The third-order valence-corrected chi connectivity index (χ3v) is 3.72. The van der Waals surface area contributed by atoms with Crippen LogP contribution in [0.15, 0.2) is 53.6 Å². The molecule has 1 atom stereocenters. The Labute approximate surface area is 131 Å². The third-order valence-electron chi connectivity index (χ3n) is 3.72. The van der Waals surface area contributed by atoms with Gasteiger partial charge in [-0.3, -0.25) is 0 Å². The monoisotopic (exact) mass is 298 g/mol. The van der Waals surface area contributed by atoms with Crippen LogP contribution in [0.4, 0.5) is 11.4 Å². The second-order valence-corrected chi connectivity index (χ2v) is 5.45. The highest BCUT2D eigenvalue weighted by molar-refractivity contribution is 5.39. The molecule has 0 aromatic heterocycles. The zero-order valence-corrected chi connectivity index (χ0v) is 13.3. The van der Waals surface area contributed by atoms with E-state index in [0.29, 0.717) is 27.9 Å². The van der Waals surface area contributed by atoms with E-state index in [9.17, 15) is 5.21 Å². The molecule has 0 saturated carbocycles. The van der Waals surface area contributed by atoms with Gasteiger partial charge in [-0.1, -0.05) is 37.3 Å². The first-order valence-electron chi connectivity index (χ1n) is 7.54. The molecular formula is C18H22N2O2. The van der Waals surface area contributed by atoms with Crippen molar-refractivity contribution in [3.8, 4) is 5.75 Å². The van der Waals surface area contributed by atoms with Crippen LogP contribution in [0, 0.1) is 11.1 Å². The molecule has 2 aromatic carbocycles. The molecule has 0 aliphatic rings. The van der Waals surface area contributed by atoms with Crippen molar-refractivity contribution in [3.63, 3.8) is 0 Å². The van der Waals surface area contributed by atoms with E-state index in [-0.39, 0.29) is 0 Å². The van der Waals surface area contributed by atoms with Gasteiger partial charge in [0.2, 0.25) is 5.69 Å². The standard InChI is InChI=1S/C18H22N2O2/c1-4-14(2)13-15-5-7-16(8-6-15)19-20(21)17-9-11-18(22-3)12-10-17/h5-12,14H,4,13H2,1-3H3. The number of hydrogen-bond acceptors (Lipinski definition) is 3. The lowest BCUT2D eigenvalue weighted by molar-refractivity contribution is -0.435. The van der Waals surface area contributed by atoms with Crippen LogP contribution in [0.2, 0.25) is 0 Å². The quantitative estimate of drug-likeness (QED) is 0.417. The normalized spacial score (nSPS) is 13.0. The molecule has 0 aliphatic heterocycles. The van der Waals surface area contributed by atoms with Gasteiger partial charge in [0.25, 0.3) is 0 Å². The number of benzene rings is 2. The molecule has 2 rings (SSSR count). The Hall–Kier alpha value is -2.36. The van der Waals surface area contributed by atoms with Crippen molar-refractivity contribution in [3.05, 3.63) is 59.3 Å². The largest absolute Gasteiger partial charge is 0.594 e. The van der Waals surface area contributed by atoms with E-state index in [2.05, 4.69) is 19.0 Å². The second kappa shape index (κ2) is 7.59. The highest BCUT2D eigenvalue weighted by atomic mass is 16.5. The number of ether oxygens (including phenoxy) is 1. The van der Waals surface area contributed by atoms with E-state index in [4.69, 9.17) is 4.74 Å². The predicted octanol–water partition coefficient (Wildman–Crippen LogP) is 5.21. The fourth-order valence-corrected chi connectivity index (χ4v) is 2.12. The topological polar surface area (TPSA) is 47.7 Å². The Balaban J connectivity index is 2.10. The molecule has 0 saturated heterocycles. The maximum absolute atomic E-state index is 12.0. The van der Waals surface area contributed by atoms with Crippen molar-refractivity contribution in [2.24, 2.45) is 11.0 Å². The average molecular weight is 298 g/mol. The van der Waals surface area contributed by atoms with Crippen molar-refractivity contribution in [2.45, 2.75) is 26.7 Å².